The molecule has 1 aromatic carbocycles. The lowest BCUT2D eigenvalue weighted by molar-refractivity contribution is -0.173. The minimum Gasteiger partial charge on any atom is -0.507 e. The molecule has 1 aliphatic heterocycles. The molecule has 2 amide bonds. The van der Waals surface area contributed by atoms with Crippen LogP contribution in [0.4, 0.5) is 0 Å². The van der Waals surface area contributed by atoms with Crippen molar-refractivity contribution in [3.63, 3.8) is 0 Å². The Balaban J connectivity index is 1.74. The molecular weight excluding hydrogens is 422 g/mol. The summed E-state index contributed by atoms with van der Waals surface area (Å²) in [6.45, 7) is 5.32. The van der Waals surface area contributed by atoms with Crippen molar-refractivity contribution in [1.82, 2.24) is 5.06 Å². The normalized spacial score (nSPS) is 28.8. The number of amides is 2. The Bertz CT molecular complexity index is 1250. The molecule has 7 heteroatoms. The lowest BCUT2D eigenvalue weighted by Crippen LogP contribution is -2.39. The maximum Gasteiger partial charge on any atom is 0.257 e. The Morgan fingerprint density at radius 1 is 1.15 bits per heavy atom. The number of aromatic hydroxyl groups is 1. The van der Waals surface area contributed by atoms with Crippen LogP contribution in [0.15, 0.2) is 65.3 Å². The van der Waals surface area contributed by atoms with Crippen LogP contribution >= 0.6 is 0 Å². The summed E-state index contributed by atoms with van der Waals surface area (Å²) in [5.41, 5.74) is 2.80. The van der Waals surface area contributed by atoms with E-state index in [0.717, 1.165) is 5.57 Å². The van der Waals surface area contributed by atoms with Gasteiger partial charge in [-0.15, -0.1) is 6.58 Å². The van der Waals surface area contributed by atoms with Crippen LogP contribution in [0.1, 0.15) is 36.8 Å². The van der Waals surface area contributed by atoms with Gasteiger partial charge in [0.05, 0.1) is 11.8 Å². The van der Waals surface area contributed by atoms with Crippen LogP contribution in [0.5, 0.6) is 5.75 Å². The van der Waals surface area contributed by atoms with Crippen molar-refractivity contribution in [2.45, 2.75) is 32.1 Å². The minimum absolute atomic E-state index is 0.0167. The van der Waals surface area contributed by atoms with Crippen molar-refractivity contribution in [3.8, 4) is 5.75 Å². The van der Waals surface area contributed by atoms with Gasteiger partial charge in [0, 0.05) is 28.2 Å². The third kappa shape index (κ3) is 2.92. The summed E-state index contributed by atoms with van der Waals surface area (Å²) >= 11 is 0. The zero-order valence-electron chi connectivity index (χ0n) is 18.1. The second-order valence-electron chi connectivity index (χ2n) is 9.06. The van der Waals surface area contributed by atoms with Gasteiger partial charge in [0.1, 0.15) is 5.75 Å². The van der Waals surface area contributed by atoms with E-state index in [9.17, 15) is 29.5 Å². The highest BCUT2D eigenvalue weighted by atomic mass is 16.5. The van der Waals surface area contributed by atoms with Crippen LogP contribution in [0.25, 0.3) is 0 Å². The average molecular weight is 445 g/mol. The van der Waals surface area contributed by atoms with Gasteiger partial charge in [0.15, 0.2) is 11.6 Å². The summed E-state index contributed by atoms with van der Waals surface area (Å²) < 4.78 is 0. The lowest BCUT2D eigenvalue weighted by atomic mass is 9.59. The predicted molar refractivity (Wildman–Crippen MR) is 117 cm³/mol. The average Bonchev–Trinajstić information content (AvgIpc) is 3.02. The number of carbonyl (C=O) groups excluding carboxylic acids is 4. The summed E-state index contributed by atoms with van der Waals surface area (Å²) in [6.07, 6.45) is 5.60. The van der Waals surface area contributed by atoms with Crippen molar-refractivity contribution in [2.24, 2.45) is 17.8 Å². The number of hydrogen-bond acceptors (Lipinski definition) is 6. The number of imide groups is 1. The largest absolute Gasteiger partial charge is 0.507 e. The number of nitrogens with zero attached hydrogens (tertiary/aromatic N) is 1. The number of phenols is 1. The molecule has 0 spiro atoms. The van der Waals surface area contributed by atoms with Crippen LogP contribution in [-0.2, 0) is 25.6 Å². The van der Waals surface area contributed by atoms with Gasteiger partial charge in [0.2, 0.25) is 0 Å². The molecule has 7 nitrogen and oxygen atoms in total. The minimum atomic E-state index is -0.813. The molecule has 2 N–H and O–H groups in total. The van der Waals surface area contributed by atoms with E-state index in [1.54, 1.807) is 31.2 Å². The maximum atomic E-state index is 13.3. The smallest absolute Gasteiger partial charge is 0.257 e. The van der Waals surface area contributed by atoms with Gasteiger partial charge < -0.3 is 5.11 Å². The van der Waals surface area contributed by atoms with Crippen LogP contribution < -0.4 is 0 Å². The van der Waals surface area contributed by atoms with Crippen molar-refractivity contribution in [1.29, 1.82) is 0 Å². The second-order valence-corrected chi connectivity index (χ2v) is 9.06. The Kier molecular flexibility index (Phi) is 4.83. The molecule has 4 aliphatic rings. The molecule has 1 fully saturated rings. The van der Waals surface area contributed by atoms with E-state index in [1.807, 2.05) is 6.08 Å². The van der Waals surface area contributed by atoms with Crippen LogP contribution in [0, 0.1) is 17.8 Å². The van der Waals surface area contributed by atoms with E-state index < -0.39 is 35.5 Å². The summed E-state index contributed by atoms with van der Waals surface area (Å²) in [7, 11) is 0. The molecule has 1 heterocycles. The second kappa shape index (κ2) is 7.49. The first kappa shape index (κ1) is 21.3. The first-order valence-electron chi connectivity index (χ1n) is 10.9. The first-order valence-corrected chi connectivity index (χ1v) is 10.9. The zero-order chi connectivity index (χ0) is 23.6. The monoisotopic (exact) mass is 445 g/mol. The van der Waals surface area contributed by atoms with Gasteiger partial charge in [-0.25, -0.2) is 0 Å². The van der Waals surface area contributed by atoms with Crippen molar-refractivity contribution in [2.75, 3.05) is 0 Å². The standard InChI is InChI=1S/C26H23NO6/c1-3-5-13-6-4-7-15(24(13)30)20-14-8-9-16-21(26(32)27(33)25(16)31)17(14)11-18-19(28)10-12(2)23(29)22(18)20/h3-4,6-8,10,16-17,20-21,30,33H,1,5,9,11H2,2H3/t16-,17+,20+,21-/m0/s1. The molecule has 0 bridgehead atoms. The summed E-state index contributed by atoms with van der Waals surface area (Å²) in [5, 5.41) is 21.3. The highest BCUT2D eigenvalue weighted by molar-refractivity contribution is 6.23. The quantitative estimate of drug-likeness (QED) is 0.320. The molecule has 3 aliphatic carbocycles. The van der Waals surface area contributed by atoms with Gasteiger partial charge in [-0.2, -0.15) is 5.06 Å². The Hall–Kier alpha value is -3.58. The fourth-order valence-electron chi connectivity index (χ4n) is 5.86. The van der Waals surface area contributed by atoms with Gasteiger partial charge in [0.25, 0.3) is 11.8 Å². The highest BCUT2D eigenvalue weighted by Gasteiger charge is 2.56. The van der Waals surface area contributed by atoms with E-state index in [1.165, 1.54) is 6.08 Å². The predicted octanol–water partition coefficient (Wildman–Crippen LogP) is 2.94. The first-order chi connectivity index (χ1) is 15.8. The summed E-state index contributed by atoms with van der Waals surface area (Å²) in [4.78, 5) is 51.5. The number of rotatable bonds is 3. The molecule has 0 aromatic heterocycles. The molecule has 1 aromatic rings. The zero-order valence-corrected chi connectivity index (χ0v) is 18.1. The fraction of sp³-hybridized carbons (Fsp3) is 0.308. The van der Waals surface area contributed by atoms with Crippen LogP contribution in [-0.4, -0.2) is 38.8 Å². The van der Waals surface area contributed by atoms with E-state index in [4.69, 9.17) is 0 Å². The third-order valence-electron chi connectivity index (χ3n) is 7.37. The van der Waals surface area contributed by atoms with Crippen LogP contribution in [0.3, 0.4) is 0 Å². The third-order valence-corrected chi connectivity index (χ3v) is 7.37. The summed E-state index contributed by atoms with van der Waals surface area (Å²) in [6, 6.07) is 5.27. The molecule has 168 valence electrons. The number of hydroxylamine groups is 2. The molecular formula is C26H23NO6. The maximum absolute atomic E-state index is 13.3. The van der Waals surface area contributed by atoms with Crippen LogP contribution in [0.2, 0.25) is 0 Å². The van der Waals surface area contributed by atoms with Crippen molar-refractivity contribution in [3.05, 3.63) is 76.4 Å². The van der Waals surface area contributed by atoms with E-state index >= 15 is 0 Å². The Morgan fingerprint density at radius 3 is 2.64 bits per heavy atom. The molecule has 0 radical (unpaired) electrons. The Morgan fingerprint density at radius 2 is 1.91 bits per heavy atom. The number of ketones is 2. The van der Waals surface area contributed by atoms with E-state index in [0.29, 0.717) is 34.3 Å². The number of para-hydroxylation sites is 1. The number of hydrogen-bond donors (Lipinski definition) is 2. The molecule has 0 saturated carbocycles. The fourth-order valence-corrected chi connectivity index (χ4v) is 5.86. The van der Waals surface area contributed by atoms with Crippen molar-refractivity contribution < 1.29 is 29.5 Å². The molecule has 5 rings (SSSR count). The van der Waals surface area contributed by atoms with Gasteiger partial charge in [-0.3, -0.25) is 24.4 Å². The summed E-state index contributed by atoms with van der Waals surface area (Å²) in [5.74, 6) is -4.65. The Labute approximate surface area is 190 Å². The topological polar surface area (TPSA) is 112 Å². The lowest BCUT2D eigenvalue weighted by Gasteiger charge is -2.42. The van der Waals surface area contributed by atoms with Gasteiger partial charge in [-0.05, 0) is 43.7 Å². The van der Waals surface area contributed by atoms with E-state index in [2.05, 4.69) is 6.58 Å². The van der Waals surface area contributed by atoms with Crippen molar-refractivity contribution >= 4 is 23.4 Å². The number of benzene rings is 1. The number of fused-ring (bicyclic) bond motifs is 3. The van der Waals surface area contributed by atoms with Gasteiger partial charge in [-0.1, -0.05) is 35.9 Å². The number of carbonyl (C=O) groups is 4. The highest BCUT2D eigenvalue weighted by Crippen LogP contribution is 2.56. The molecule has 0 unspecified atom stereocenters. The van der Waals surface area contributed by atoms with E-state index in [-0.39, 0.29) is 35.2 Å². The van der Waals surface area contributed by atoms with Gasteiger partial charge >= 0.3 is 0 Å². The SMILES string of the molecule is C=CCc1cccc([C@H]2C3=CC[C@@H]4C(=O)N(O)C(=O)[C@@H]4[C@@H]3CC3=C2C(=O)C(C)=CC3=O)c1O. The molecule has 4 atom stereocenters. The number of phenolic OH excluding ortho intramolecular Hbond substituents is 1. The number of allylic oxidation sites excluding steroid dienone is 7. The number of Topliss-reactive ketones (excluding diaryl/α,β-unsaturated/α-hetero) is 1. The molecule has 1 saturated heterocycles. The molecule has 33 heavy (non-hydrogen) atoms.